The lowest BCUT2D eigenvalue weighted by atomic mass is 10.3. The third-order valence-electron chi connectivity index (χ3n) is 2.48. The van der Waals surface area contributed by atoms with Gasteiger partial charge in [0.15, 0.2) is 5.13 Å². The van der Waals surface area contributed by atoms with Crippen LogP contribution in [-0.4, -0.2) is 4.98 Å². The van der Waals surface area contributed by atoms with Gasteiger partial charge in [0.1, 0.15) is 0 Å². The van der Waals surface area contributed by atoms with Crippen LogP contribution in [0.3, 0.4) is 0 Å². The lowest BCUT2D eigenvalue weighted by molar-refractivity contribution is 1.43. The van der Waals surface area contributed by atoms with Crippen LogP contribution in [0.25, 0.3) is 10.2 Å². The van der Waals surface area contributed by atoms with Crippen molar-refractivity contribution in [1.82, 2.24) is 4.98 Å². The molecule has 1 N–H and O–H groups in total. The largest absolute Gasteiger partial charge is 0.331 e. The molecular formula is C13H8BrClN2S. The minimum absolute atomic E-state index is 0.741. The van der Waals surface area contributed by atoms with Crippen molar-refractivity contribution >= 4 is 59.9 Å². The fourth-order valence-corrected chi connectivity index (χ4v) is 3.20. The van der Waals surface area contributed by atoms with E-state index < -0.39 is 0 Å². The van der Waals surface area contributed by atoms with Crippen LogP contribution in [0.2, 0.25) is 5.02 Å². The first-order valence-electron chi connectivity index (χ1n) is 5.30. The fourth-order valence-electron chi connectivity index (χ4n) is 1.65. The molecule has 0 fully saturated rings. The molecule has 0 aliphatic heterocycles. The lowest BCUT2D eigenvalue weighted by Crippen LogP contribution is -1.89. The molecule has 5 heteroatoms. The number of rotatable bonds is 2. The van der Waals surface area contributed by atoms with Crippen LogP contribution in [-0.2, 0) is 0 Å². The van der Waals surface area contributed by atoms with Crippen molar-refractivity contribution in [2.45, 2.75) is 0 Å². The van der Waals surface area contributed by atoms with Crippen molar-refractivity contribution in [3.63, 3.8) is 0 Å². The number of hydrogen-bond donors (Lipinski definition) is 1. The summed E-state index contributed by atoms with van der Waals surface area (Å²) in [6.45, 7) is 0. The second-order valence-electron chi connectivity index (χ2n) is 3.71. The molecule has 0 bridgehead atoms. The number of nitrogens with one attached hydrogen (secondary N) is 1. The van der Waals surface area contributed by atoms with Gasteiger partial charge in [-0.3, -0.25) is 0 Å². The number of benzene rings is 2. The summed E-state index contributed by atoms with van der Waals surface area (Å²) in [4.78, 5) is 4.51. The second-order valence-corrected chi connectivity index (χ2v) is 5.97. The lowest BCUT2D eigenvalue weighted by Gasteiger charge is -2.03. The third kappa shape index (κ3) is 2.23. The number of fused-ring (bicyclic) bond motifs is 1. The Labute approximate surface area is 122 Å². The first-order valence-corrected chi connectivity index (χ1v) is 7.29. The summed E-state index contributed by atoms with van der Waals surface area (Å²) in [7, 11) is 0. The van der Waals surface area contributed by atoms with Gasteiger partial charge in [0.25, 0.3) is 0 Å². The highest BCUT2D eigenvalue weighted by Crippen LogP contribution is 2.34. The highest BCUT2D eigenvalue weighted by atomic mass is 79.9. The fraction of sp³-hybridized carbons (Fsp3) is 0. The third-order valence-corrected chi connectivity index (χ3v) is 4.62. The molecule has 0 aliphatic carbocycles. The minimum Gasteiger partial charge on any atom is -0.331 e. The number of thiazole rings is 1. The second kappa shape index (κ2) is 4.88. The van der Waals surface area contributed by atoms with Crippen molar-refractivity contribution in [2.75, 3.05) is 5.32 Å². The van der Waals surface area contributed by atoms with Gasteiger partial charge in [-0.15, -0.1) is 0 Å². The molecule has 1 aromatic heterocycles. The molecule has 0 saturated carbocycles. The van der Waals surface area contributed by atoms with Crippen LogP contribution in [0.4, 0.5) is 10.8 Å². The molecule has 0 amide bonds. The summed E-state index contributed by atoms with van der Waals surface area (Å²) < 4.78 is 2.02. The van der Waals surface area contributed by atoms with Crippen LogP contribution < -0.4 is 5.32 Å². The van der Waals surface area contributed by atoms with E-state index in [0.29, 0.717) is 0 Å². The maximum Gasteiger partial charge on any atom is 0.188 e. The molecule has 0 saturated heterocycles. The molecule has 0 unspecified atom stereocenters. The van der Waals surface area contributed by atoms with Crippen LogP contribution in [0.1, 0.15) is 0 Å². The Hall–Kier alpha value is -1.10. The Bertz CT molecular complexity index is 711. The predicted molar refractivity (Wildman–Crippen MR) is 82.1 cm³/mol. The average Bonchev–Trinajstić information content (AvgIpc) is 2.76. The van der Waals surface area contributed by atoms with E-state index in [-0.39, 0.29) is 0 Å². The van der Waals surface area contributed by atoms with Gasteiger partial charge in [-0.1, -0.05) is 41.1 Å². The van der Waals surface area contributed by atoms with Crippen molar-refractivity contribution in [3.05, 3.63) is 52.0 Å². The zero-order chi connectivity index (χ0) is 12.5. The first kappa shape index (κ1) is 12.0. The standard InChI is InChI=1S/C13H8BrClN2S/c14-8-4-1-2-6-10(8)16-13-17-11-7-3-5-9(15)12(11)18-13/h1-7H,(H,16,17). The molecular weight excluding hydrogens is 332 g/mol. The summed E-state index contributed by atoms with van der Waals surface area (Å²) >= 11 is 11.2. The van der Waals surface area contributed by atoms with Gasteiger partial charge in [0.2, 0.25) is 0 Å². The highest BCUT2D eigenvalue weighted by Gasteiger charge is 2.07. The Kier molecular flexibility index (Phi) is 3.24. The van der Waals surface area contributed by atoms with Crippen LogP contribution in [0, 0.1) is 0 Å². The molecule has 0 aliphatic rings. The smallest absolute Gasteiger partial charge is 0.188 e. The van der Waals surface area contributed by atoms with E-state index in [9.17, 15) is 0 Å². The highest BCUT2D eigenvalue weighted by molar-refractivity contribution is 9.10. The maximum atomic E-state index is 6.14. The maximum absolute atomic E-state index is 6.14. The molecule has 0 radical (unpaired) electrons. The Morgan fingerprint density at radius 1 is 1.11 bits per heavy atom. The molecule has 2 aromatic carbocycles. The topological polar surface area (TPSA) is 24.9 Å². The monoisotopic (exact) mass is 338 g/mol. The molecule has 90 valence electrons. The van der Waals surface area contributed by atoms with Gasteiger partial charge in [-0.25, -0.2) is 4.98 Å². The SMILES string of the molecule is Clc1cccc2nc(Nc3ccccc3Br)sc12. The summed E-state index contributed by atoms with van der Waals surface area (Å²) in [6.07, 6.45) is 0. The van der Waals surface area contributed by atoms with E-state index >= 15 is 0 Å². The molecule has 3 rings (SSSR count). The van der Waals surface area contributed by atoms with Gasteiger partial charge >= 0.3 is 0 Å². The summed E-state index contributed by atoms with van der Waals surface area (Å²) in [5.74, 6) is 0. The van der Waals surface area contributed by atoms with Crippen LogP contribution in [0.5, 0.6) is 0 Å². The Morgan fingerprint density at radius 3 is 2.72 bits per heavy atom. The van der Waals surface area contributed by atoms with E-state index in [0.717, 1.165) is 30.5 Å². The average molecular weight is 340 g/mol. The number of hydrogen-bond acceptors (Lipinski definition) is 3. The van der Waals surface area contributed by atoms with Crippen molar-refractivity contribution in [2.24, 2.45) is 0 Å². The quantitative estimate of drug-likeness (QED) is 0.671. The summed E-state index contributed by atoms with van der Waals surface area (Å²) in [6, 6.07) is 13.7. The van der Waals surface area contributed by atoms with Gasteiger partial charge in [0.05, 0.1) is 20.9 Å². The minimum atomic E-state index is 0.741. The number of para-hydroxylation sites is 1. The molecule has 18 heavy (non-hydrogen) atoms. The van der Waals surface area contributed by atoms with Gasteiger partial charge in [0, 0.05) is 4.47 Å². The Balaban J connectivity index is 2.01. The predicted octanol–water partition coefficient (Wildman–Crippen LogP) is 5.46. The number of aromatic nitrogens is 1. The molecule has 0 atom stereocenters. The van der Waals surface area contributed by atoms with Crippen molar-refractivity contribution in [1.29, 1.82) is 0 Å². The van der Waals surface area contributed by atoms with Crippen LogP contribution >= 0.6 is 38.9 Å². The van der Waals surface area contributed by atoms with E-state index in [1.54, 1.807) is 11.3 Å². The van der Waals surface area contributed by atoms with Crippen molar-refractivity contribution < 1.29 is 0 Å². The zero-order valence-electron chi connectivity index (χ0n) is 9.15. The number of nitrogens with zero attached hydrogens (tertiary/aromatic N) is 1. The van der Waals surface area contributed by atoms with Gasteiger partial charge in [-0.05, 0) is 40.2 Å². The molecule has 3 aromatic rings. The number of halogens is 2. The van der Waals surface area contributed by atoms with Crippen molar-refractivity contribution in [3.8, 4) is 0 Å². The first-order chi connectivity index (χ1) is 8.74. The van der Waals surface area contributed by atoms with E-state index in [1.807, 2.05) is 42.5 Å². The zero-order valence-corrected chi connectivity index (χ0v) is 12.3. The molecule has 0 spiro atoms. The summed E-state index contributed by atoms with van der Waals surface area (Å²) in [5, 5.41) is 4.87. The molecule has 2 nitrogen and oxygen atoms in total. The van der Waals surface area contributed by atoms with E-state index in [1.165, 1.54) is 0 Å². The Morgan fingerprint density at radius 2 is 1.94 bits per heavy atom. The van der Waals surface area contributed by atoms with E-state index in [2.05, 4.69) is 26.2 Å². The molecule has 1 heterocycles. The van der Waals surface area contributed by atoms with Gasteiger partial charge < -0.3 is 5.32 Å². The van der Waals surface area contributed by atoms with Gasteiger partial charge in [-0.2, -0.15) is 0 Å². The summed E-state index contributed by atoms with van der Waals surface area (Å²) in [5.41, 5.74) is 1.91. The van der Waals surface area contributed by atoms with E-state index in [4.69, 9.17) is 11.6 Å². The number of anilines is 2. The van der Waals surface area contributed by atoms with Crippen LogP contribution in [0.15, 0.2) is 46.9 Å². The normalized spacial score (nSPS) is 10.8.